The van der Waals surface area contributed by atoms with E-state index in [-0.39, 0.29) is 0 Å². The maximum Gasteiger partial charge on any atom is 0.417 e. The molecule has 0 saturated carbocycles. The van der Waals surface area contributed by atoms with E-state index in [1.807, 2.05) is 55.6 Å². The molecule has 0 fully saturated rings. The number of oxazole rings is 1. The van der Waals surface area contributed by atoms with Crippen molar-refractivity contribution in [3.05, 3.63) is 71.5 Å². The number of nitrogens with one attached hydrogen (secondary N) is 2. The number of aromatic amines is 1. The fourth-order valence-electron chi connectivity index (χ4n) is 3.25. The van der Waals surface area contributed by atoms with E-state index in [0.717, 1.165) is 33.4 Å². The second-order valence-corrected chi connectivity index (χ2v) is 6.34. The zero-order valence-corrected chi connectivity index (χ0v) is 14.9. The summed E-state index contributed by atoms with van der Waals surface area (Å²) < 4.78 is 5.17. The van der Waals surface area contributed by atoms with Crippen LogP contribution in [0.25, 0.3) is 44.5 Å². The Morgan fingerprint density at radius 3 is 2.68 bits per heavy atom. The molecule has 5 aromatic rings. The van der Waals surface area contributed by atoms with Crippen LogP contribution in [0.3, 0.4) is 0 Å². The first-order valence-corrected chi connectivity index (χ1v) is 8.74. The number of anilines is 1. The molecule has 0 aliphatic carbocycles. The topological polar surface area (TPSA) is 96.7 Å². The molecule has 7 nitrogen and oxygen atoms in total. The summed E-state index contributed by atoms with van der Waals surface area (Å²) in [5.74, 6) is 0.896. The number of fused-ring (bicyclic) bond motifs is 2. The number of benzene rings is 2. The quantitative estimate of drug-likeness (QED) is 0.502. The smallest absolute Gasteiger partial charge is 0.408 e. The standard InChI is InChI=1S/C21H15N5O2/c1-22-20-15-9-12(13-5-7-17-18(10-13)28-21(27)25-17)4-6-16(15)24-19(26-20)14-3-2-8-23-11-14/h2-11H,1H3,(H,25,27)(H,22,24,26). The zero-order chi connectivity index (χ0) is 19.1. The third kappa shape index (κ3) is 2.69. The van der Waals surface area contributed by atoms with Gasteiger partial charge < -0.3 is 9.73 Å². The second-order valence-electron chi connectivity index (χ2n) is 6.34. The normalized spacial score (nSPS) is 11.2. The summed E-state index contributed by atoms with van der Waals surface area (Å²) in [6.07, 6.45) is 3.47. The monoisotopic (exact) mass is 369 g/mol. The number of nitrogens with zero attached hydrogens (tertiary/aromatic N) is 3. The highest BCUT2D eigenvalue weighted by molar-refractivity contribution is 5.94. The van der Waals surface area contributed by atoms with Gasteiger partial charge in [-0.15, -0.1) is 0 Å². The van der Waals surface area contributed by atoms with Gasteiger partial charge in [-0.3, -0.25) is 9.97 Å². The van der Waals surface area contributed by atoms with Crippen LogP contribution in [-0.4, -0.2) is 27.0 Å². The molecule has 0 aliphatic rings. The number of hydrogen-bond donors (Lipinski definition) is 2. The molecule has 3 heterocycles. The Morgan fingerprint density at radius 1 is 1.00 bits per heavy atom. The minimum Gasteiger partial charge on any atom is -0.408 e. The molecular formula is C21H15N5O2. The molecule has 2 N–H and O–H groups in total. The summed E-state index contributed by atoms with van der Waals surface area (Å²) >= 11 is 0. The molecule has 2 aromatic carbocycles. The highest BCUT2D eigenvalue weighted by Crippen LogP contribution is 2.30. The molecule has 7 heteroatoms. The maximum atomic E-state index is 11.4. The molecule has 0 spiro atoms. The fourth-order valence-corrected chi connectivity index (χ4v) is 3.25. The lowest BCUT2D eigenvalue weighted by atomic mass is 10.0. The van der Waals surface area contributed by atoms with Crippen LogP contribution >= 0.6 is 0 Å². The third-order valence-electron chi connectivity index (χ3n) is 4.61. The van der Waals surface area contributed by atoms with Crippen LogP contribution < -0.4 is 11.1 Å². The average Bonchev–Trinajstić information content (AvgIpc) is 3.12. The van der Waals surface area contributed by atoms with Crippen molar-refractivity contribution >= 4 is 27.8 Å². The number of hydrogen-bond acceptors (Lipinski definition) is 6. The predicted octanol–water partition coefficient (Wildman–Crippen LogP) is 3.84. The average molecular weight is 369 g/mol. The first-order valence-electron chi connectivity index (χ1n) is 8.74. The van der Waals surface area contributed by atoms with Crippen molar-refractivity contribution in [2.75, 3.05) is 12.4 Å². The van der Waals surface area contributed by atoms with Crippen molar-refractivity contribution < 1.29 is 4.42 Å². The molecule has 0 aliphatic heterocycles. The largest absolute Gasteiger partial charge is 0.417 e. The van der Waals surface area contributed by atoms with E-state index in [2.05, 4.69) is 25.3 Å². The molecule has 0 amide bonds. The Labute approximate surface area is 159 Å². The van der Waals surface area contributed by atoms with Crippen LogP contribution in [0, 0.1) is 0 Å². The molecule has 0 unspecified atom stereocenters. The van der Waals surface area contributed by atoms with Crippen LogP contribution in [0.4, 0.5) is 5.82 Å². The molecule has 0 saturated heterocycles. The summed E-state index contributed by atoms with van der Waals surface area (Å²) in [7, 11) is 1.84. The second kappa shape index (κ2) is 6.31. The molecular weight excluding hydrogens is 354 g/mol. The van der Waals surface area contributed by atoms with Crippen molar-refractivity contribution in [3.63, 3.8) is 0 Å². The SMILES string of the molecule is CNc1nc(-c2cccnc2)nc2ccc(-c3ccc4[nH]c(=O)oc4c3)cc12. The molecule has 0 radical (unpaired) electrons. The molecule has 0 bridgehead atoms. The van der Waals surface area contributed by atoms with Crippen LogP contribution in [0.5, 0.6) is 0 Å². The molecule has 3 aromatic heterocycles. The summed E-state index contributed by atoms with van der Waals surface area (Å²) in [5.41, 5.74) is 4.81. The number of H-pyrrole nitrogens is 1. The van der Waals surface area contributed by atoms with Crippen molar-refractivity contribution in [1.29, 1.82) is 0 Å². The van der Waals surface area contributed by atoms with Crippen LogP contribution in [-0.2, 0) is 0 Å². The van der Waals surface area contributed by atoms with Gasteiger partial charge in [0.25, 0.3) is 0 Å². The summed E-state index contributed by atoms with van der Waals surface area (Å²) in [5, 5.41) is 4.06. The van der Waals surface area contributed by atoms with Gasteiger partial charge in [0, 0.05) is 30.4 Å². The lowest BCUT2D eigenvalue weighted by molar-refractivity contribution is 0.555. The number of pyridine rings is 1. The van der Waals surface area contributed by atoms with Gasteiger partial charge in [-0.05, 0) is 47.5 Å². The van der Waals surface area contributed by atoms with Gasteiger partial charge in [0.2, 0.25) is 0 Å². The van der Waals surface area contributed by atoms with E-state index in [0.29, 0.717) is 16.9 Å². The number of rotatable bonds is 3. The minimum absolute atomic E-state index is 0.459. The highest BCUT2D eigenvalue weighted by atomic mass is 16.4. The van der Waals surface area contributed by atoms with Crippen molar-refractivity contribution in [2.24, 2.45) is 0 Å². The van der Waals surface area contributed by atoms with Gasteiger partial charge in [-0.25, -0.2) is 14.8 Å². The fraction of sp³-hybridized carbons (Fsp3) is 0.0476. The van der Waals surface area contributed by atoms with E-state index in [1.54, 1.807) is 12.4 Å². The van der Waals surface area contributed by atoms with E-state index in [4.69, 9.17) is 4.42 Å². The first kappa shape index (κ1) is 16.2. The molecule has 28 heavy (non-hydrogen) atoms. The zero-order valence-electron chi connectivity index (χ0n) is 14.9. The van der Waals surface area contributed by atoms with Gasteiger partial charge in [0.1, 0.15) is 5.82 Å². The van der Waals surface area contributed by atoms with Gasteiger partial charge in [-0.1, -0.05) is 12.1 Å². The van der Waals surface area contributed by atoms with Crippen molar-refractivity contribution in [1.82, 2.24) is 19.9 Å². The highest BCUT2D eigenvalue weighted by Gasteiger charge is 2.11. The van der Waals surface area contributed by atoms with Crippen molar-refractivity contribution in [2.45, 2.75) is 0 Å². The Kier molecular flexibility index (Phi) is 3.65. The molecule has 136 valence electrons. The molecule has 0 atom stereocenters. The Hall–Kier alpha value is -4.00. The van der Waals surface area contributed by atoms with E-state index < -0.39 is 5.76 Å². The lowest BCUT2D eigenvalue weighted by Gasteiger charge is -2.10. The first-order chi connectivity index (χ1) is 13.7. The minimum atomic E-state index is -0.459. The predicted molar refractivity (Wildman–Crippen MR) is 108 cm³/mol. The Balaban J connectivity index is 1.66. The Bertz CT molecular complexity index is 1370. The van der Waals surface area contributed by atoms with Crippen LogP contribution in [0.15, 0.2) is 70.1 Å². The summed E-state index contributed by atoms with van der Waals surface area (Å²) in [4.78, 5) is 27.5. The van der Waals surface area contributed by atoms with Gasteiger partial charge >= 0.3 is 5.76 Å². The van der Waals surface area contributed by atoms with Crippen LogP contribution in [0.2, 0.25) is 0 Å². The molecule has 5 rings (SSSR count). The van der Waals surface area contributed by atoms with Gasteiger partial charge in [0.15, 0.2) is 11.4 Å². The maximum absolute atomic E-state index is 11.4. The lowest BCUT2D eigenvalue weighted by Crippen LogP contribution is -1.99. The Morgan fingerprint density at radius 2 is 1.86 bits per heavy atom. The number of aromatic nitrogens is 4. The van der Waals surface area contributed by atoms with Crippen molar-refractivity contribution in [3.8, 4) is 22.5 Å². The van der Waals surface area contributed by atoms with E-state index >= 15 is 0 Å². The van der Waals surface area contributed by atoms with E-state index in [9.17, 15) is 4.79 Å². The summed E-state index contributed by atoms with van der Waals surface area (Å²) in [6, 6.07) is 15.4. The third-order valence-corrected chi connectivity index (χ3v) is 4.61. The van der Waals surface area contributed by atoms with Gasteiger partial charge in [-0.2, -0.15) is 0 Å². The van der Waals surface area contributed by atoms with Gasteiger partial charge in [0.05, 0.1) is 11.0 Å². The van der Waals surface area contributed by atoms with Crippen LogP contribution in [0.1, 0.15) is 0 Å². The summed E-state index contributed by atoms with van der Waals surface area (Å²) in [6.45, 7) is 0. The van der Waals surface area contributed by atoms with E-state index in [1.165, 1.54) is 0 Å².